The van der Waals surface area contributed by atoms with Crippen molar-refractivity contribution in [3.63, 3.8) is 0 Å². The zero-order valence-corrected chi connectivity index (χ0v) is 5.97. The molecule has 0 fully saturated rings. The molecule has 2 N–H and O–H groups in total. The van der Waals surface area contributed by atoms with Gasteiger partial charge in [-0.15, -0.1) is 10.2 Å². The van der Waals surface area contributed by atoms with Gasteiger partial charge in [-0.05, 0) is 0 Å². The third-order valence-corrected chi connectivity index (χ3v) is 1.54. The van der Waals surface area contributed by atoms with Crippen LogP contribution >= 0.6 is 0 Å². The maximum atomic E-state index is 11.1. The fourth-order valence-electron chi connectivity index (χ4n) is 1.03. The summed E-state index contributed by atoms with van der Waals surface area (Å²) in [6.07, 6.45) is -1.06. The fourth-order valence-corrected chi connectivity index (χ4v) is 1.03. The number of aliphatic imine (C=N–C) groups is 1. The summed E-state index contributed by atoms with van der Waals surface area (Å²) in [5.41, 5.74) is 5.38. The van der Waals surface area contributed by atoms with Gasteiger partial charge < -0.3 is 0 Å². The van der Waals surface area contributed by atoms with Crippen molar-refractivity contribution in [2.45, 2.75) is 12.7 Å². The average Bonchev–Trinajstić information content (AvgIpc) is 2.31. The molecule has 0 aromatic heterocycles. The van der Waals surface area contributed by atoms with Gasteiger partial charge in [0, 0.05) is 0 Å². The number of fused-ring (bicyclic) bond motifs is 1. The van der Waals surface area contributed by atoms with Crippen LogP contribution in [0.3, 0.4) is 0 Å². The highest BCUT2D eigenvalue weighted by Gasteiger charge is 2.35. The SMILES string of the molecule is NC1N=NC2=NC(=O)CC(=O)N21. The van der Waals surface area contributed by atoms with Crippen molar-refractivity contribution in [3.8, 4) is 0 Å². The van der Waals surface area contributed by atoms with E-state index in [-0.39, 0.29) is 12.4 Å². The highest BCUT2D eigenvalue weighted by atomic mass is 16.2. The van der Waals surface area contributed by atoms with Crippen LogP contribution in [0.15, 0.2) is 15.2 Å². The Morgan fingerprint density at radius 1 is 1.50 bits per heavy atom. The monoisotopic (exact) mass is 167 g/mol. The number of hydrogen-bond donors (Lipinski definition) is 1. The number of guanidine groups is 1. The molecule has 2 amide bonds. The predicted octanol–water partition coefficient (Wildman–Crippen LogP) is -1.19. The summed E-state index contributed by atoms with van der Waals surface area (Å²) < 4.78 is 0. The smallest absolute Gasteiger partial charge is 0.258 e. The first-order valence-electron chi connectivity index (χ1n) is 3.28. The second kappa shape index (κ2) is 2.18. The molecule has 0 aromatic carbocycles. The van der Waals surface area contributed by atoms with Crippen molar-refractivity contribution < 1.29 is 9.59 Å². The first kappa shape index (κ1) is 7.04. The highest BCUT2D eigenvalue weighted by molar-refractivity contribution is 6.13. The van der Waals surface area contributed by atoms with Gasteiger partial charge in [0.05, 0.1) is 0 Å². The third-order valence-electron chi connectivity index (χ3n) is 1.54. The zero-order valence-electron chi connectivity index (χ0n) is 5.97. The molecule has 1 atom stereocenters. The topological polar surface area (TPSA) is 100 Å². The summed E-state index contributed by atoms with van der Waals surface area (Å²) >= 11 is 0. The van der Waals surface area contributed by atoms with Crippen LogP contribution in [0.5, 0.6) is 0 Å². The Kier molecular flexibility index (Phi) is 1.28. The Balaban J connectivity index is 2.41. The molecule has 0 aromatic rings. The normalized spacial score (nSPS) is 27.6. The number of hydrogen-bond acceptors (Lipinski definition) is 5. The molecule has 7 heteroatoms. The molecule has 62 valence electrons. The van der Waals surface area contributed by atoms with Gasteiger partial charge in [-0.3, -0.25) is 15.3 Å². The zero-order chi connectivity index (χ0) is 8.72. The van der Waals surface area contributed by atoms with E-state index in [4.69, 9.17) is 5.73 Å². The van der Waals surface area contributed by atoms with Gasteiger partial charge in [0.25, 0.3) is 11.9 Å². The molecule has 1 unspecified atom stereocenters. The van der Waals surface area contributed by atoms with Gasteiger partial charge in [-0.2, -0.15) is 4.99 Å². The van der Waals surface area contributed by atoms with Crippen LogP contribution in [-0.2, 0) is 9.59 Å². The quantitative estimate of drug-likeness (QED) is 0.459. The van der Waals surface area contributed by atoms with Crippen LogP contribution in [0.25, 0.3) is 0 Å². The lowest BCUT2D eigenvalue weighted by Crippen LogP contribution is -2.47. The largest absolute Gasteiger partial charge is 0.291 e. The minimum atomic E-state index is -0.815. The number of carbonyl (C=O) groups is 2. The molecule has 7 nitrogen and oxygen atoms in total. The number of nitrogens with zero attached hydrogens (tertiary/aromatic N) is 4. The summed E-state index contributed by atoms with van der Waals surface area (Å²) in [7, 11) is 0. The van der Waals surface area contributed by atoms with E-state index in [1.165, 1.54) is 0 Å². The molecule has 2 heterocycles. The Morgan fingerprint density at radius 2 is 2.25 bits per heavy atom. The van der Waals surface area contributed by atoms with Crippen molar-refractivity contribution in [1.29, 1.82) is 0 Å². The van der Waals surface area contributed by atoms with Crippen molar-refractivity contribution >= 4 is 17.8 Å². The average molecular weight is 167 g/mol. The molecule has 0 spiro atoms. The number of nitrogens with two attached hydrogens (primary N) is 1. The fraction of sp³-hybridized carbons (Fsp3) is 0.400. The van der Waals surface area contributed by atoms with Gasteiger partial charge in [-0.1, -0.05) is 0 Å². The van der Waals surface area contributed by atoms with Crippen molar-refractivity contribution in [2.24, 2.45) is 21.0 Å². The number of carbonyl (C=O) groups excluding carboxylic acids is 2. The minimum Gasteiger partial charge on any atom is -0.291 e. The molecule has 0 saturated carbocycles. The van der Waals surface area contributed by atoms with E-state index < -0.39 is 18.1 Å². The van der Waals surface area contributed by atoms with E-state index in [9.17, 15) is 9.59 Å². The first-order valence-corrected chi connectivity index (χ1v) is 3.28. The van der Waals surface area contributed by atoms with E-state index in [0.29, 0.717) is 0 Å². The lowest BCUT2D eigenvalue weighted by atomic mass is 10.3. The first-order chi connectivity index (χ1) is 5.68. The lowest BCUT2D eigenvalue weighted by molar-refractivity contribution is -0.134. The van der Waals surface area contributed by atoms with E-state index in [0.717, 1.165) is 4.90 Å². The van der Waals surface area contributed by atoms with Crippen LogP contribution in [-0.4, -0.2) is 29.0 Å². The number of azo groups is 1. The molecule has 0 bridgehead atoms. The van der Waals surface area contributed by atoms with Gasteiger partial charge in [0.2, 0.25) is 12.2 Å². The summed E-state index contributed by atoms with van der Waals surface area (Å²) in [6.45, 7) is 0. The van der Waals surface area contributed by atoms with Crippen LogP contribution in [0.2, 0.25) is 0 Å². The molecule has 2 aliphatic rings. The maximum absolute atomic E-state index is 11.1. The van der Waals surface area contributed by atoms with E-state index in [1.54, 1.807) is 0 Å². The Labute approximate surface area is 67.0 Å². The summed E-state index contributed by atoms with van der Waals surface area (Å²) in [6, 6.07) is 0. The third kappa shape index (κ3) is 0.832. The maximum Gasteiger partial charge on any atom is 0.258 e. The van der Waals surface area contributed by atoms with E-state index in [2.05, 4.69) is 15.2 Å². The second-order valence-corrected chi connectivity index (χ2v) is 2.38. The van der Waals surface area contributed by atoms with Crippen molar-refractivity contribution in [2.75, 3.05) is 0 Å². The molecule has 0 aliphatic carbocycles. The Morgan fingerprint density at radius 3 is 3.00 bits per heavy atom. The second-order valence-electron chi connectivity index (χ2n) is 2.38. The Bertz CT molecular complexity index is 320. The molecule has 0 saturated heterocycles. The molecule has 12 heavy (non-hydrogen) atoms. The van der Waals surface area contributed by atoms with Crippen LogP contribution < -0.4 is 5.73 Å². The summed E-state index contributed by atoms with van der Waals surface area (Å²) in [5, 5.41) is 6.96. The molecule has 2 aliphatic heterocycles. The van der Waals surface area contributed by atoms with Crippen molar-refractivity contribution in [3.05, 3.63) is 0 Å². The Hall–Kier alpha value is -1.63. The van der Waals surface area contributed by atoms with Crippen LogP contribution in [0.4, 0.5) is 0 Å². The van der Waals surface area contributed by atoms with E-state index >= 15 is 0 Å². The summed E-state index contributed by atoms with van der Waals surface area (Å²) in [4.78, 5) is 26.5. The highest BCUT2D eigenvalue weighted by Crippen LogP contribution is 2.15. The van der Waals surface area contributed by atoms with Gasteiger partial charge in [0.15, 0.2) is 0 Å². The minimum absolute atomic E-state index is 0.00347. The van der Waals surface area contributed by atoms with Crippen LogP contribution in [0, 0.1) is 0 Å². The predicted molar refractivity (Wildman–Crippen MR) is 36.7 cm³/mol. The number of rotatable bonds is 0. The van der Waals surface area contributed by atoms with Crippen LogP contribution in [0.1, 0.15) is 6.42 Å². The molecular weight excluding hydrogens is 162 g/mol. The van der Waals surface area contributed by atoms with Gasteiger partial charge >= 0.3 is 0 Å². The number of amides is 2. The standard InChI is InChI=1S/C5H5N5O2/c6-4-8-9-5-7-2(11)1-3(12)10(4)5/h4H,1,6H2. The van der Waals surface area contributed by atoms with Crippen molar-refractivity contribution in [1.82, 2.24) is 4.90 Å². The molecular formula is C5H5N5O2. The van der Waals surface area contributed by atoms with Gasteiger partial charge in [0.1, 0.15) is 6.42 Å². The molecule has 0 radical (unpaired) electrons. The lowest BCUT2D eigenvalue weighted by Gasteiger charge is -2.19. The van der Waals surface area contributed by atoms with Gasteiger partial charge in [-0.25, -0.2) is 4.90 Å². The molecule has 2 rings (SSSR count). The summed E-state index contributed by atoms with van der Waals surface area (Å²) in [5.74, 6) is -0.898. The van der Waals surface area contributed by atoms with E-state index in [1.807, 2.05) is 0 Å².